The number of nitrogens with zero attached hydrogens (tertiary/aromatic N) is 2. The highest BCUT2D eigenvalue weighted by atomic mass is 35.5. The minimum absolute atomic E-state index is 0.388. The zero-order valence-corrected chi connectivity index (χ0v) is 9.16. The zero-order valence-electron chi connectivity index (χ0n) is 8.40. The Labute approximate surface area is 97.2 Å². The summed E-state index contributed by atoms with van der Waals surface area (Å²) in [6, 6.07) is 0. The second-order valence-electron chi connectivity index (χ2n) is 3.89. The van der Waals surface area contributed by atoms with E-state index in [4.69, 9.17) is 11.6 Å². The van der Waals surface area contributed by atoms with Gasteiger partial charge in [-0.25, -0.2) is 0 Å². The fraction of sp³-hybridized carbons (Fsp3) is 0.500. The lowest BCUT2D eigenvalue weighted by Gasteiger charge is -2.26. The number of alkyl halides is 3. The molecule has 2 heterocycles. The summed E-state index contributed by atoms with van der Waals surface area (Å²) in [6.45, 7) is 0.110. The molecule has 17 heavy (non-hydrogen) atoms. The van der Waals surface area contributed by atoms with Crippen LogP contribution in [0.25, 0.3) is 0 Å². The van der Waals surface area contributed by atoms with E-state index in [0.717, 1.165) is 6.92 Å². The molecule has 94 valence electrons. The molecule has 1 aromatic rings. The summed E-state index contributed by atoms with van der Waals surface area (Å²) in [5.41, 5.74) is -3.58. The Kier molecular flexibility index (Phi) is 2.39. The van der Waals surface area contributed by atoms with Crippen molar-refractivity contribution >= 4 is 17.5 Å². The van der Waals surface area contributed by atoms with Crippen molar-refractivity contribution in [1.82, 2.24) is 9.55 Å². The van der Waals surface area contributed by atoms with Crippen molar-refractivity contribution in [2.24, 2.45) is 0 Å². The number of hydrogen-bond donors (Lipinski definition) is 1. The Morgan fingerprint density at radius 3 is 2.65 bits per heavy atom. The van der Waals surface area contributed by atoms with E-state index >= 15 is 0 Å². The van der Waals surface area contributed by atoms with Crippen LogP contribution in [0.15, 0.2) is 4.79 Å². The van der Waals surface area contributed by atoms with Gasteiger partial charge in [-0.3, -0.25) is 9.36 Å². The molecule has 1 N–H and O–H groups in total. The third-order valence-corrected chi connectivity index (χ3v) is 2.81. The Morgan fingerprint density at radius 1 is 1.53 bits per heavy atom. The Balaban J connectivity index is 2.55. The molecule has 4 nitrogen and oxygen atoms in total. The first kappa shape index (κ1) is 12.2. The van der Waals surface area contributed by atoms with Gasteiger partial charge in [0, 0.05) is 0 Å². The van der Waals surface area contributed by atoms with Gasteiger partial charge < -0.3 is 5.32 Å². The Morgan fingerprint density at radius 2 is 2.12 bits per heavy atom. The normalized spacial score (nSPS) is 23.4. The summed E-state index contributed by atoms with van der Waals surface area (Å²) in [6.07, 6.45) is -4.60. The number of aromatic nitrogens is 2. The summed E-state index contributed by atoms with van der Waals surface area (Å²) in [7, 11) is 0. The summed E-state index contributed by atoms with van der Waals surface area (Å²) in [5, 5.41) is 1.29. The summed E-state index contributed by atoms with van der Waals surface area (Å²) in [5.74, 6) is -1.75. The van der Waals surface area contributed by atoms with Gasteiger partial charge in [0.15, 0.2) is 10.7 Å². The van der Waals surface area contributed by atoms with Gasteiger partial charge in [0.2, 0.25) is 11.8 Å². The third-order valence-electron chi connectivity index (χ3n) is 2.56. The SMILES string of the molecule is CC1(C(F)(F)F)Cn2c(nc(Cl)c(F)c2=O)N1. The van der Waals surface area contributed by atoms with Crippen molar-refractivity contribution < 1.29 is 17.6 Å². The number of hydrogen-bond acceptors (Lipinski definition) is 3. The lowest BCUT2D eigenvalue weighted by atomic mass is 10.0. The second-order valence-corrected chi connectivity index (χ2v) is 4.24. The van der Waals surface area contributed by atoms with Crippen LogP contribution < -0.4 is 10.9 Å². The van der Waals surface area contributed by atoms with E-state index in [1.54, 1.807) is 0 Å². The van der Waals surface area contributed by atoms with Crippen LogP contribution in [0.1, 0.15) is 6.92 Å². The van der Waals surface area contributed by atoms with Crippen LogP contribution in [0.5, 0.6) is 0 Å². The predicted molar refractivity (Wildman–Crippen MR) is 51.5 cm³/mol. The van der Waals surface area contributed by atoms with E-state index in [-0.39, 0.29) is 5.95 Å². The van der Waals surface area contributed by atoms with Crippen LogP contribution in [0.3, 0.4) is 0 Å². The van der Waals surface area contributed by atoms with Gasteiger partial charge >= 0.3 is 6.18 Å². The summed E-state index contributed by atoms with van der Waals surface area (Å²) in [4.78, 5) is 14.7. The van der Waals surface area contributed by atoms with Gasteiger partial charge in [0.1, 0.15) is 0 Å². The quantitative estimate of drug-likeness (QED) is 0.578. The van der Waals surface area contributed by atoms with Crippen LogP contribution in [-0.4, -0.2) is 21.3 Å². The zero-order chi connectivity index (χ0) is 13.0. The average molecular weight is 272 g/mol. The van der Waals surface area contributed by atoms with E-state index < -0.39 is 34.8 Å². The van der Waals surface area contributed by atoms with Crippen molar-refractivity contribution in [3.63, 3.8) is 0 Å². The number of anilines is 1. The van der Waals surface area contributed by atoms with Gasteiger partial charge in [0.05, 0.1) is 6.54 Å². The lowest BCUT2D eigenvalue weighted by molar-refractivity contribution is -0.174. The van der Waals surface area contributed by atoms with Crippen LogP contribution in [0, 0.1) is 5.82 Å². The van der Waals surface area contributed by atoms with Crippen LogP contribution >= 0.6 is 11.6 Å². The fourth-order valence-corrected chi connectivity index (χ4v) is 1.67. The monoisotopic (exact) mass is 271 g/mol. The molecule has 1 aromatic heterocycles. The van der Waals surface area contributed by atoms with Gasteiger partial charge in [-0.1, -0.05) is 11.6 Å². The number of nitrogens with one attached hydrogen (secondary N) is 1. The van der Waals surface area contributed by atoms with Crippen LogP contribution in [-0.2, 0) is 6.54 Å². The minimum atomic E-state index is -4.60. The molecule has 1 unspecified atom stereocenters. The Bertz CT molecular complexity index is 541. The molecule has 0 saturated carbocycles. The maximum absolute atomic E-state index is 13.1. The molecule has 0 aromatic carbocycles. The highest BCUT2D eigenvalue weighted by Gasteiger charge is 2.55. The lowest BCUT2D eigenvalue weighted by Crippen LogP contribution is -2.48. The minimum Gasteiger partial charge on any atom is -0.340 e. The largest absolute Gasteiger partial charge is 0.412 e. The molecule has 1 aliphatic heterocycles. The van der Waals surface area contributed by atoms with E-state index in [1.165, 1.54) is 0 Å². The van der Waals surface area contributed by atoms with Crippen molar-refractivity contribution in [2.45, 2.75) is 25.2 Å². The van der Waals surface area contributed by atoms with E-state index in [9.17, 15) is 22.4 Å². The molecule has 2 rings (SSSR count). The molecule has 0 aliphatic carbocycles. The molecular weight excluding hydrogens is 266 g/mol. The molecule has 0 saturated heterocycles. The smallest absolute Gasteiger partial charge is 0.340 e. The molecule has 0 fully saturated rings. The van der Waals surface area contributed by atoms with Gasteiger partial charge in [-0.2, -0.15) is 22.5 Å². The summed E-state index contributed by atoms with van der Waals surface area (Å²) >= 11 is 5.28. The van der Waals surface area contributed by atoms with E-state index in [2.05, 4.69) is 4.98 Å². The first-order valence-corrected chi connectivity index (χ1v) is 4.84. The van der Waals surface area contributed by atoms with Crippen LogP contribution in [0.4, 0.5) is 23.5 Å². The first-order chi connectivity index (χ1) is 7.66. The molecule has 0 radical (unpaired) electrons. The summed E-state index contributed by atoms with van der Waals surface area (Å²) < 4.78 is 51.8. The standard InChI is InChI=1S/C8H6ClF4N3O/c1-7(8(11,12)13)2-16-5(17)3(10)4(9)14-6(16)15-7/h2H2,1H3,(H,14,15). The highest BCUT2D eigenvalue weighted by molar-refractivity contribution is 6.29. The maximum atomic E-state index is 13.1. The van der Waals surface area contributed by atoms with Crippen molar-refractivity contribution in [3.8, 4) is 0 Å². The maximum Gasteiger partial charge on any atom is 0.412 e. The third kappa shape index (κ3) is 1.67. The van der Waals surface area contributed by atoms with E-state index in [0.29, 0.717) is 4.57 Å². The van der Waals surface area contributed by atoms with Crippen molar-refractivity contribution in [3.05, 3.63) is 21.3 Å². The molecule has 1 atom stereocenters. The van der Waals surface area contributed by atoms with Crippen molar-refractivity contribution in [2.75, 3.05) is 5.32 Å². The number of rotatable bonds is 0. The van der Waals surface area contributed by atoms with E-state index in [1.807, 2.05) is 5.32 Å². The van der Waals surface area contributed by atoms with Crippen LogP contribution in [0.2, 0.25) is 5.15 Å². The van der Waals surface area contributed by atoms with Crippen molar-refractivity contribution in [1.29, 1.82) is 0 Å². The topological polar surface area (TPSA) is 46.9 Å². The molecule has 1 aliphatic rings. The second kappa shape index (κ2) is 3.34. The molecule has 0 bridgehead atoms. The first-order valence-electron chi connectivity index (χ1n) is 4.46. The highest BCUT2D eigenvalue weighted by Crippen LogP contribution is 2.38. The fourth-order valence-electron chi connectivity index (χ4n) is 1.51. The molecule has 0 spiro atoms. The number of halogens is 5. The van der Waals surface area contributed by atoms with Gasteiger partial charge in [0.25, 0.3) is 5.56 Å². The average Bonchev–Trinajstić information content (AvgIpc) is 2.52. The number of fused-ring (bicyclic) bond motifs is 1. The molecule has 0 amide bonds. The molecule has 9 heteroatoms. The van der Waals surface area contributed by atoms with Gasteiger partial charge in [-0.15, -0.1) is 0 Å². The van der Waals surface area contributed by atoms with Gasteiger partial charge in [-0.05, 0) is 6.92 Å². The molecular formula is C8H6ClF4N3O. The predicted octanol–water partition coefficient (Wildman–Crippen LogP) is 1.78. The Hall–Kier alpha value is -1.31.